The van der Waals surface area contributed by atoms with Crippen LogP contribution < -0.4 is 5.32 Å². The van der Waals surface area contributed by atoms with E-state index in [0.717, 1.165) is 36.5 Å². The Morgan fingerprint density at radius 3 is 2.38 bits per heavy atom. The highest BCUT2D eigenvalue weighted by Crippen LogP contribution is 2.37. The maximum absolute atomic E-state index is 12.9. The molecule has 2 heterocycles. The van der Waals surface area contributed by atoms with Crippen LogP contribution in [-0.2, 0) is 27.7 Å². The molecule has 8 nitrogen and oxygen atoms in total. The van der Waals surface area contributed by atoms with Crippen molar-refractivity contribution in [1.82, 2.24) is 9.21 Å². The van der Waals surface area contributed by atoms with E-state index in [2.05, 4.69) is 17.1 Å². The number of ether oxygens (including phenoxy) is 1. The third-order valence-electron chi connectivity index (χ3n) is 5.66. The first-order chi connectivity index (χ1) is 15.3. The molecule has 1 amide bonds. The Morgan fingerprint density at radius 1 is 1.16 bits per heavy atom. The molecule has 2 aromatic rings. The Labute approximate surface area is 193 Å². The molecule has 174 valence electrons. The minimum atomic E-state index is -3.60. The van der Waals surface area contributed by atoms with Crippen LogP contribution in [0.3, 0.4) is 0 Å². The average molecular weight is 480 g/mol. The second-order valence-electron chi connectivity index (χ2n) is 7.39. The first-order valence-electron chi connectivity index (χ1n) is 10.6. The van der Waals surface area contributed by atoms with Gasteiger partial charge in [-0.3, -0.25) is 9.69 Å². The molecule has 1 aliphatic rings. The lowest BCUT2D eigenvalue weighted by Gasteiger charge is -2.25. The van der Waals surface area contributed by atoms with Crippen molar-refractivity contribution in [2.75, 3.05) is 38.6 Å². The number of thiophene rings is 1. The maximum atomic E-state index is 12.9. The van der Waals surface area contributed by atoms with Gasteiger partial charge >= 0.3 is 5.97 Å². The van der Waals surface area contributed by atoms with E-state index >= 15 is 0 Å². The van der Waals surface area contributed by atoms with Gasteiger partial charge in [0.15, 0.2) is 0 Å². The van der Waals surface area contributed by atoms with Crippen molar-refractivity contribution in [2.24, 2.45) is 0 Å². The third-order valence-corrected chi connectivity index (χ3v) is 8.86. The van der Waals surface area contributed by atoms with Crippen LogP contribution in [0.4, 0.5) is 5.00 Å². The molecule has 0 spiro atoms. The van der Waals surface area contributed by atoms with E-state index in [1.807, 2.05) is 0 Å². The lowest BCUT2D eigenvalue weighted by molar-refractivity contribution is 0.0600. The number of methoxy groups -OCH3 is 1. The highest BCUT2D eigenvalue weighted by atomic mass is 32.2. The van der Waals surface area contributed by atoms with Crippen molar-refractivity contribution >= 4 is 38.2 Å². The fourth-order valence-electron chi connectivity index (χ4n) is 3.80. The minimum absolute atomic E-state index is 0.138. The molecule has 0 saturated carbocycles. The van der Waals surface area contributed by atoms with E-state index in [1.165, 1.54) is 47.0 Å². The van der Waals surface area contributed by atoms with E-state index in [0.29, 0.717) is 29.2 Å². The molecule has 0 bridgehead atoms. The molecule has 32 heavy (non-hydrogen) atoms. The van der Waals surface area contributed by atoms with Crippen molar-refractivity contribution in [1.29, 1.82) is 0 Å². The van der Waals surface area contributed by atoms with Crippen LogP contribution in [0.1, 0.15) is 51.9 Å². The summed E-state index contributed by atoms with van der Waals surface area (Å²) in [5, 5.41) is 3.30. The molecule has 0 saturated heterocycles. The molecule has 1 aliphatic heterocycles. The van der Waals surface area contributed by atoms with Gasteiger partial charge in [-0.25, -0.2) is 13.2 Å². The topological polar surface area (TPSA) is 96.0 Å². The predicted octanol–water partition coefficient (Wildman–Crippen LogP) is 3.20. The van der Waals surface area contributed by atoms with E-state index in [4.69, 9.17) is 4.74 Å². The summed E-state index contributed by atoms with van der Waals surface area (Å²) in [6.07, 6.45) is 0.720. The van der Waals surface area contributed by atoms with Crippen molar-refractivity contribution < 1.29 is 22.7 Å². The number of amides is 1. The van der Waals surface area contributed by atoms with Crippen molar-refractivity contribution in [2.45, 2.75) is 38.6 Å². The van der Waals surface area contributed by atoms with Gasteiger partial charge in [0, 0.05) is 36.6 Å². The van der Waals surface area contributed by atoms with Gasteiger partial charge in [0.2, 0.25) is 10.0 Å². The first kappa shape index (κ1) is 24.4. The number of nitrogens with zero attached hydrogens (tertiary/aromatic N) is 2. The molecule has 1 N–H and O–H groups in total. The minimum Gasteiger partial charge on any atom is -0.465 e. The average Bonchev–Trinajstić information content (AvgIpc) is 3.15. The molecule has 0 fully saturated rings. The molecule has 10 heteroatoms. The van der Waals surface area contributed by atoms with Gasteiger partial charge in [-0.1, -0.05) is 20.8 Å². The number of benzene rings is 1. The molecule has 3 rings (SSSR count). The zero-order chi connectivity index (χ0) is 23.5. The molecule has 1 aromatic carbocycles. The summed E-state index contributed by atoms with van der Waals surface area (Å²) < 4.78 is 31.6. The smallest absolute Gasteiger partial charge is 0.341 e. The van der Waals surface area contributed by atoms with Crippen molar-refractivity contribution in [3.05, 3.63) is 45.8 Å². The number of fused-ring (bicyclic) bond motifs is 1. The van der Waals surface area contributed by atoms with Crippen LogP contribution in [0, 0.1) is 0 Å². The van der Waals surface area contributed by atoms with Crippen molar-refractivity contribution in [3.8, 4) is 0 Å². The lowest BCUT2D eigenvalue weighted by Crippen LogP contribution is -2.30. The van der Waals surface area contributed by atoms with Gasteiger partial charge in [-0.05, 0) is 42.8 Å². The normalized spacial score (nSPS) is 14.3. The number of hydrogen-bond acceptors (Lipinski definition) is 7. The number of nitrogens with one attached hydrogen (secondary N) is 1. The van der Waals surface area contributed by atoms with Crippen LogP contribution in [0.2, 0.25) is 0 Å². The Morgan fingerprint density at radius 2 is 1.81 bits per heavy atom. The Bertz CT molecular complexity index is 1090. The monoisotopic (exact) mass is 479 g/mol. The van der Waals surface area contributed by atoms with Crippen molar-refractivity contribution in [3.63, 3.8) is 0 Å². The number of likely N-dealkylation sites (N-methyl/N-ethyl adjacent to an activating group) is 1. The SMILES string of the molecule is CCN1CCc2c(sc(NC(=O)c3ccc(S(=O)(=O)N(CC)CC)cc3)c2C(=O)OC)C1. The predicted molar refractivity (Wildman–Crippen MR) is 125 cm³/mol. The zero-order valence-corrected chi connectivity index (χ0v) is 20.4. The number of sulfonamides is 1. The van der Waals surface area contributed by atoms with Gasteiger partial charge in [0.1, 0.15) is 5.00 Å². The standard InChI is InChI=1S/C22H29N3O5S2/c1-5-24-13-12-17-18(14-24)31-21(19(17)22(27)30-4)23-20(26)15-8-10-16(11-9-15)32(28,29)25(6-2)7-3/h8-11H,5-7,12-14H2,1-4H3,(H,23,26). The number of carbonyl (C=O) groups is 2. The second kappa shape index (κ2) is 10.1. The number of hydrogen-bond donors (Lipinski definition) is 1. The summed E-state index contributed by atoms with van der Waals surface area (Å²) in [7, 11) is -2.27. The Hall–Kier alpha value is -2.27. The van der Waals surface area contributed by atoms with Crippen LogP contribution in [0.25, 0.3) is 0 Å². The molecule has 0 aliphatic carbocycles. The summed E-state index contributed by atoms with van der Waals surface area (Å²) >= 11 is 1.39. The molecule has 0 unspecified atom stereocenters. The number of esters is 1. The maximum Gasteiger partial charge on any atom is 0.341 e. The van der Waals surface area contributed by atoms with Gasteiger partial charge < -0.3 is 10.1 Å². The zero-order valence-electron chi connectivity index (χ0n) is 18.8. The summed E-state index contributed by atoms with van der Waals surface area (Å²) in [6, 6.07) is 5.83. The number of anilines is 1. The fraction of sp³-hybridized carbons (Fsp3) is 0.455. The number of carbonyl (C=O) groups excluding carboxylic acids is 2. The molecular formula is C22H29N3O5S2. The largest absolute Gasteiger partial charge is 0.465 e. The molecule has 0 atom stereocenters. The summed E-state index contributed by atoms with van der Waals surface area (Å²) in [6.45, 7) is 8.88. The Balaban J connectivity index is 1.86. The van der Waals surface area contributed by atoms with Gasteiger partial charge in [-0.2, -0.15) is 4.31 Å². The second-order valence-corrected chi connectivity index (χ2v) is 10.4. The Kier molecular flexibility index (Phi) is 7.71. The highest BCUT2D eigenvalue weighted by Gasteiger charge is 2.29. The summed E-state index contributed by atoms with van der Waals surface area (Å²) in [5.41, 5.74) is 1.65. The molecule has 1 aromatic heterocycles. The van der Waals surface area contributed by atoms with E-state index < -0.39 is 21.9 Å². The molecule has 0 radical (unpaired) electrons. The van der Waals surface area contributed by atoms with Crippen LogP contribution >= 0.6 is 11.3 Å². The molecular weight excluding hydrogens is 450 g/mol. The summed E-state index contributed by atoms with van der Waals surface area (Å²) in [4.78, 5) is 28.8. The van der Waals surface area contributed by atoms with Gasteiger partial charge in [0.25, 0.3) is 5.91 Å². The van der Waals surface area contributed by atoms with E-state index in [9.17, 15) is 18.0 Å². The summed E-state index contributed by atoms with van der Waals surface area (Å²) in [5.74, 6) is -0.878. The van der Waals surface area contributed by atoms with Crippen LogP contribution in [-0.4, -0.2) is 62.8 Å². The van der Waals surface area contributed by atoms with Gasteiger partial charge in [-0.15, -0.1) is 11.3 Å². The number of rotatable bonds is 8. The highest BCUT2D eigenvalue weighted by molar-refractivity contribution is 7.89. The van der Waals surface area contributed by atoms with Gasteiger partial charge in [0.05, 0.1) is 17.6 Å². The van der Waals surface area contributed by atoms with E-state index in [-0.39, 0.29) is 4.90 Å². The third kappa shape index (κ3) is 4.73. The fourth-order valence-corrected chi connectivity index (χ4v) is 6.53. The first-order valence-corrected chi connectivity index (χ1v) is 12.9. The lowest BCUT2D eigenvalue weighted by atomic mass is 10.0. The van der Waals surface area contributed by atoms with Crippen LogP contribution in [0.15, 0.2) is 29.2 Å². The van der Waals surface area contributed by atoms with Crippen LogP contribution in [0.5, 0.6) is 0 Å². The quantitative estimate of drug-likeness (QED) is 0.584. The van der Waals surface area contributed by atoms with E-state index in [1.54, 1.807) is 13.8 Å².